The molecule has 6 nitrogen and oxygen atoms in total. The van der Waals surface area contributed by atoms with Crippen LogP contribution in [0.3, 0.4) is 0 Å². The van der Waals surface area contributed by atoms with Crippen molar-refractivity contribution in [1.29, 1.82) is 0 Å². The maximum absolute atomic E-state index is 13.1. The predicted molar refractivity (Wildman–Crippen MR) is 111 cm³/mol. The molecule has 3 aromatic rings. The molecule has 6 heteroatoms. The van der Waals surface area contributed by atoms with Crippen LogP contribution in [0.15, 0.2) is 58.3 Å². The molecule has 0 fully saturated rings. The third-order valence-corrected chi connectivity index (χ3v) is 4.98. The van der Waals surface area contributed by atoms with Crippen LogP contribution in [0.25, 0.3) is 11.3 Å². The summed E-state index contributed by atoms with van der Waals surface area (Å²) in [6, 6.07) is 16.2. The van der Waals surface area contributed by atoms with Crippen molar-refractivity contribution in [2.24, 2.45) is 4.99 Å². The molecule has 144 valence electrons. The van der Waals surface area contributed by atoms with Crippen molar-refractivity contribution in [3.63, 3.8) is 0 Å². The number of ether oxygens (including phenoxy) is 1. The smallest absolute Gasteiger partial charge is 0.277 e. The lowest BCUT2D eigenvalue weighted by Crippen LogP contribution is -2.34. The number of aromatic amines is 1. The summed E-state index contributed by atoms with van der Waals surface area (Å²) in [5.74, 6) is 1.37. The van der Waals surface area contributed by atoms with E-state index in [1.807, 2.05) is 24.3 Å². The topological polar surface area (TPSA) is 71.4 Å². The molecule has 2 N–H and O–H groups in total. The Morgan fingerprint density at radius 2 is 1.96 bits per heavy atom. The van der Waals surface area contributed by atoms with Gasteiger partial charge in [0.05, 0.1) is 19.3 Å². The second-order valence-electron chi connectivity index (χ2n) is 6.96. The summed E-state index contributed by atoms with van der Waals surface area (Å²) in [6.45, 7) is 3.51. The van der Waals surface area contributed by atoms with Gasteiger partial charge < -0.3 is 10.1 Å². The zero-order valence-electron chi connectivity index (χ0n) is 16.2. The Morgan fingerprint density at radius 3 is 2.64 bits per heavy atom. The lowest BCUT2D eigenvalue weighted by Gasteiger charge is -2.05. The minimum atomic E-state index is -0.0494. The van der Waals surface area contributed by atoms with E-state index in [1.54, 1.807) is 7.11 Å². The van der Waals surface area contributed by atoms with Gasteiger partial charge in [-0.1, -0.05) is 29.8 Å². The number of hydrogen-bond donors (Lipinski definition) is 2. The van der Waals surface area contributed by atoms with Crippen LogP contribution in [0.4, 0.5) is 0 Å². The number of methoxy groups -OCH3 is 1. The molecule has 2 aromatic carbocycles. The molecule has 0 atom stereocenters. The number of nitrogens with zero attached hydrogens (tertiary/aromatic N) is 2. The zero-order chi connectivity index (χ0) is 19.5. The first kappa shape index (κ1) is 18.1. The van der Waals surface area contributed by atoms with E-state index in [0.717, 1.165) is 35.5 Å². The Balaban J connectivity index is 1.72. The Morgan fingerprint density at radius 1 is 1.14 bits per heavy atom. The summed E-state index contributed by atoms with van der Waals surface area (Å²) in [6.07, 6.45) is 1.46. The van der Waals surface area contributed by atoms with E-state index in [1.165, 1.54) is 15.8 Å². The molecule has 28 heavy (non-hydrogen) atoms. The molecule has 0 aliphatic carbocycles. The third kappa shape index (κ3) is 3.58. The van der Waals surface area contributed by atoms with Gasteiger partial charge >= 0.3 is 0 Å². The molecule has 0 saturated carbocycles. The highest BCUT2D eigenvalue weighted by Crippen LogP contribution is 2.24. The molecule has 0 bridgehead atoms. The standard InChI is InChI=1S/C22H24N4O2/c1-15-4-3-5-16(14-15)6-11-19-20(17-7-9-18(28-2)10-8-17)25-26(21(19)27)22-23-12-13-24-22/h3-5,7-10,14,25H,6,11-13H2,1-2H3,(H,23,24). The number of aryl methyl sites for hydroxylation is 2. The number of benzene rings is 2. The van der Waals surface area contributed by atoms with Crippen molar-refractivity contribution in [1.82, 2.24) is 15.1 Å². The van der Waals surface area contributed by atoms with Gasteiger partial charge in [-0.25, -0.2) is 4.99 Å². The van der Waals surface area contributed by atoms with E-state index in [9.17, 15) is 4.79 Å². The Kier molecular flexibility index (Phi) is 5.02. The van der Waals surface area contributed by atoms with Gasteiger partial charge in [0, 0.05) is 17.7 Å². The average Bonchev–Trinajstić information content (AvgIpc) is 3.35. The molecule has 0 amide bonds. The van der Waals surface area contributed by atoms with Crippen LogP contribution < -0.4 is 15.6 Å². The molecule has 1 aliphatic heterocycles. The normalized spacial score (nSPS) is 13.3. The predicted octanol–water partition coefficient (Wildman–Crippen LogP) is 2.75. The van der Waals surface area contributed by atoms with Gasteiger partial charge in [0.15, 0.2) is 0 Å². The molecule has 0 radical (unpaired) electrons. The number of aromatic nitrogens is 2. The van der Waals surface area contributed by atoms with E-state index in [0.29, 0.717) is 18.9 Å². The number of hydrogen-bond acceptors (Lipinski definition) is 4. The molecule has 1 aliphatic rings. The summed E-state index contributed by atoms with van der Waals surface area (Å²) in [5, 5.41) is 6.43. The number of nitrogens with one attached hydrogen (secondary N) is 2. The molecular weight excluding hydrogens is 352 g/mol. The first-order chi connectivity index (χ1) is 13.7. The van der Waals surface area contributed by atoms with Gasteiger partial charge in [0.25, 0.3) is 5.56 Å². The second-order valence-corrected chi connectivity index (χ2v) is 6.96. The SMILES string of the molecule is COc1ccc(-c2[nH]n(C3=NCCN3)c(=O)c2CCc2cccc(C)c2)cc1. The van der Waals surface area contributed by atoms with Crippen molar-refractivity contribution in [2.45, 2.75) is 19.8 Å². The summed E-state index contributed by atoms with van der Waals surface area (Å²) in [7, 11) is 1.64. The molecule has 2 heterocycles. The van der Waals surface area contributed by atoms with Crippen LogP contribution in [0, 0.1) is 6.92 Å². The highest BCUT2D eigenvalue weighted by molar-refractivity contribution is 5.83. The third-order valence-electron chi connectivity index (χ3n) is 4.98. The van der Waals surface area contributed by atoms with E-state index < -0.39 is 0 Å². The van der Waals surface area contributed by atoms with Crippen molar-refractivity contribution in [3.05, 3.63) is 75.6 Å². The van der Waals surface area contributed by atoms with Gasteiger partial charge in [-0.15, -0.1) is 0 Å². The van der Waals surface area contributed by atoms with Crippen LogP contribution in [0.5, 0.6) is 5.75 Å². The Labute approximate surface area is 163 Å². The molecular formula is C22H24N4O2. The van der Waals surface area contributed by atoms with Gasteiger partial charge in [-0.2, -0.15) is 4.68 Å². The summed E-state index contributed by atoms with van der Waals surface area (Å²) >= 11 is 0. The van der Waals surface area contributed by atoms with Crippen molar-refractivity contribution < 1.29 is 4.74 Å². The summed E-state index contributed by atoms with van der Waals surface area (Å²) in [5.41, 5.74) is 4.95. The van der Waals surface area contributed by atoms with E-state index in [-0.39, 0.29) is 5.56 Å². The Bertz CT molecular complexity index is 1060. The fourth-order valence-electron chi connectivity index (χ4n) is 3.52. The van der Waals surface area contributed by atoms with Gasteiger partial charge in [0.1, 0.15) is 5.75 Å². The van der Waals surface area contributed by atoms with Crippen LogP contribution in [-0.4, -0.2) is 35.9 Å². The van der Waals surface area contributed by atoms with E-state index in [4.69, 9.17) is 4.74 Å². The summed E-state index contributed by atoms with van der Waals surface area (Å²) in [4.78, 5) is 17.5. The maximum atomic E-state index is 13.1. The second kappa shape index (κ2) is 7.76. The fourth-order valence-corrected chi connectivity index (χ4v) is 3.52. The lowest BCUT2D eigenvalue weighted by atomic mass is 10.0. The first-order valence-corrected chi connectivity index (χ1v) is 9.48. The van der Waals surface area contributed by atoms with Gasteiger partial charge in [-0.05, 0) is 49.6 Å². The molecule has 0 unspecified atom stereocenters. The van der Waals surface area contributed by atoms with E-state index in [2.05, 4.69) is 46.6 Å². The minimum absolute atomic E-state index is 0.0494. The highest BCUT2D eigenvalue weighted by atomic mass is 16.5. The fraction of sp³-hybridized carbons (Fsp3) is 0.273. The van der Waals surface area contributed by atoms with Crippen molar-refractivity contribution in [3.8, 4) is 17.0 Å². The monoisotopic (exact) mass is 376 g/mol. The average molecular weight is 376 g/mol. The molecule has 0 saturated heterocycles. The lowest BCUT2D eigenvalue weighted by molar-refractivity contribution is 0.415. The molecule has 4 rings (SSSR count). The van der Waals surface area contributed by atoms with Crippen molar-refractivity contribution >= 4 is 5.96 Å². The largest absolute Gasteiger partial charge is 0.497 e. The van der Waals surface area contributed by atoms with Crippen LogP contribution in [0.1, 0.15) is 16.7 Å². The minimum Gasteiger partial charge on any atom is -0.497 e. The van der Waals surface area contributed by atoms with Gasteiger partial charge in [-0.3, -0.25) is 9.89 Å². The van der Waals surface area contributed by atoms with Crippen LogP contribution in [-0.2, 0) is 12.8 Å². The quantitative estimate of drug-likeness (QED) is 0.719. The maximum Gasteiger partial charge on any atom is 0.277 e. The number of H-pyrrole nitrogens is 1. The number of aliphatic imine (C=N–C) groups is 1. The van der Waals surface area contributed by atoms with Crippen LogP contribution in [0.2, 0.25) is 0 Å². The summed E-state index contributed by atoms with van der Waals surface area (Å²) < 4.78 is 6.78. The first-order valence-electron chi connectivity index (χ1n) is 9.48. The van der Waals surface area contributed by atoms with Crippen LogP contribution >= 0.6 is 0 Å². The number of rotatable bonds is 5. The highest BCUT2D eigenvalue weighted by Gasteiger charge is 2.20. The Hall–Kier alpha value is -3.28. The zero-order valence-corrected chi connectivity index (χ0v) is 16.2. The van der Waals surface area contributed by atoms with Gasteiger partial charge in [0.2, 0.25) is 5.96 Å². The molecule has 0 spiro atoms. The van der Waals surface area contributed by atoms with E-state index >= 15 is 0 Å². The molecule has 1 aromatic heterocycles. The van der Waals surface area contributed by atoms with Crippen molar-refractivity contribution in [2.75, 3.05) is 20.2 Å².